The number of benzene rings is 2. The third-order valence-corrected chi connectivity index (χ3v) is 7.33. The number of hydrogen-bond donors (Lipinski definition) is 2. The minimum Gasteiger partial charge on any atom is -0.429 e. The number of aromatic amines is 2. The number of esters is 1. The Morgan fingerprint density at radius 1 is 0.975 bits per heavy atom. The molecule has 40 heavy (non-hydrogen) atoms. The highest BCUT2D eigenvalue weighted by molar-refractivity contribution is 5.98. The third-order valence-electron chi connectivity index (χ3n) is 7.33. The number of carbonyl (C=O) groups excluding carboxylic acids is 2. The number of fused-ring (bicyclic) bond motifs is 4. The normalized spacial score (nSPS) is 16.9. The predicted molar refractivity (Wildman–Crippen MR) is 136 cm³/mol. The molecular formula is C28H25F4N3O5. The Morgan fingerprint density at radius 2 is 1.60 bits per heavy atom. The summed E-state index contributed by atoms with van der Waals surface area (Å²) in [6, 6.07) is 3.87. The largest absolute Gasteiger partial charge is 0.429 e. The molecule has 2 N–H and O–H groups in total. The van der Waals surface area contributed by atoms with Crippen LogP contribution in [0, 0.1) is 29.2 Å². The van der Waals surface area contributed by atoms with Crippen LogP contribution in [0.1, 0.15) is 60.8 Å². The molecule has 0 saturated carbocycles. The van der Waals surface area contributed by atoms with E-state index < -0.39 is 59.0 Å². The van der Waals surface area contributed by atoms with Gasteiger partial charge in [0.25, 0.3) is 11.5 Å². The van der Waals surface area contributed by atoms with Crippen LogP contribution < -0.4 is 5.56 Å². The summed E-state index contributed by atoms with van der Waals surface area (Å²) in [4.78, 5) is 45.7. The minimum absolute atomic E-state index is 0.00251. The van der Waals surface area contributed by atoms with E-state index in [2.05, 4.69) is 9.97 Å². The first-order chi connectivity index (χ1) is 19.0. The fourth-order valence-electron chi connectivity index (χ4n) is 5.05. The first-order valence-electron chi connectivity index (χ1n) is 12.7. The lowest BCUT2D eigenvalue weighted by molar-refractivity contribution is -0.193. The lowest BCUT2D eigenvalue weighted by Gasteiger charge is -2.36. The van der Waals surface area contributed by atoms with Gasteiger partial charge in [0, 0.05) is 29.6 Å². The van der Waals surface area contributed by atoms with Gasteiger partial charge in [0.05, 0.1) is 29.6 Å². The Labute approximate surface area is 224 Å². The van der Waals surface area contributed by atoms with Crippen LogP contribution in [0.25, 0.3) is 21.7 Å². The summed E-state index contributed by atoms with van der Waals surface area (Å²) in [6.07, 6.45) is -0.357. The number of aromatic nitrogens is 2. The standard InChI is InChI=1S/C28H25F4N3O5/c1-4-12(5-2)27(38)40-28-24-23(14-8-17(30)18(31)9-15(14)25(36)34-24)22(11-39-28)35(3)26(37)21-7-13-6-16(29)19(32)10-20(13)33-21/h6-10,12,22,28,33H,4-5,11H2,1-3H3,(H,34,36)/t22-,28+/m1/s1. The van der Waals surface area contributed by atoms with Crippen molar-refractivity contribution in [3.63, 3.8) is 0 Å². The van der Waals surface area contributed by atoms with Gasteiger partial charge in [0.15, 0.2) is 23.3 Å². The van der Waals surface area contributed by atoms with Crippen LogP contribution in [0.2, 0.25) is 0 Å². The summed E-state index contributed by atoms with van der Waals surface area (Å²) < 4.78 is 67.3. The minimum atomic E-state index is -1.37. The molecule has 0 spiro atoms. The molecule has 1 aliphatic heterocycles. The summed E-state index contributed by atoms with van der Waals surface area (Å²) in [5.41, 5.74) is -0.395. The molecule has 3 heterocycles. The fraction of sp³-hybridized carbons (Fsp3) is 0.321. The summed E-state index contributed by atoms with van der Waals surface area (Å²) in [5.74, 6) is -6.23. The maximum Gasteiger partial charge on any atom is 0.311 e. The molecule has 8 nitrogen and oxygen atoms in total. The van der Waals surface area contributed by atoms with Gasteiger partial charge >= 0.3 is 5.97 Å². The quantitative estimate of drug-likeness (QED) is 0.244. The number of ether oxygens (including phenoxy) is 2. The Balaban J connectivity index is 1.61. The van der Waals surface area contributed by atoms with Gasteiger partial charge in [-0.05, 0) is 42.5 Å². The Kier molecular flexibility index (Phi) is 7.13. The summed E-state index contributed by atoms with van der Waals surface area (Å²) in [5, 5.41) is 0.0960. The van der Waals surface area contributed by atoms with E-state index in [1.807, 2.05) is 13.8 Å². The van der Waals surface area contributed by atoms with E-state index in [9.17, 15) is 31.9 Å². The number of carbonyl (C=O) groups is 2. The molecule has 5 rings (SSSR count). The second-order valence-electron chi connectivity index (χ2n) is 9.68. The van der Waals surface area contributed by atoms with E-state index in [-0.39, 0.29) is 45.2 Å². The number of hydrogen-bond acceptors (Lipinski definition) is 5. The molecule has 2 atom stereocenters. The molecule has 0 aliphatic carbocycles. The van der Waals surface area contributed by atoms with Gasteiger partial charge < -0.3 is 24.3 Å². The van der Waals surface area contributed by atoms with E-state index in [0.29, 0.717) is 12.8 Å². The summed E-state index contributed by atoms with van der Waals surface area (Å²) >= 11 is 0. The van der Waals surface area contributed by atoms with E-state index in [1.165, 1.54) is 18.0 Å². The highest BCUT2D eigenvalue weighted by atomic mass is 19.2. The Morgan fingerprint density at radius 3 is 2.27 bits per heavy atom. The molecule has 0 bridgehead atoms. The number of halogens is 4. The van der Waals surface area contributed by atoms with E-state index in [4.69, 9.17) is 9.47 Å². The van der Waals surface area contributed by atoms with Crippen molar-refractivity contribution in [1.82, 2.24) is 14.9 Å². The lowest BCUT2D eigenvalue weighted by atomic mass is 9.94. The van der Waals surface area contributed by atoms with E-state index >= 15 is 0 Å². The van der Waals surface area contributed by atoms with Gasteiger partial charge in [0.2, 0.25) is 6.29 Å². The molecule has 0 saturated heterocycles. The molecule has 1 aliphatic rings. The molecule has 2 aromatic carbocycles. The van der Waals surface area contributed by atoms with Crippen molar-refractivity contribution in [2.75, 3.05) is 13.7 Å². The molecule has 0 radical (unpaired) electrons. The number of nitrogens with one attached hydrogen (secondary N) is 2. The van der Waals surface area contributed by atoms with Crippen LogP contribution in [0.4, 0.5) is 17.6 Å². The van der Waals surface area contributed by atoms with Gasteiger partial charge in [-0.15, -0.1) is 0 Å². The molecular weight excluding hydrogens is 534 g/mol. The highest BCUT2D eigenvalue weighted by Gasteiger charge is 2.38. The van der Waals surface area contributed by atoms with Crippen molar-refractivity contribution in [2.24, 2.45) is 5.92 Å². The monoisotopic (exact) mass is 559 g/mol. The van der Waals surface area contributed by atoms with Gasteiger partial charge in [-0.3, -0.25) is 14.4 Å². The number of nitrogens with zero attached hydrogens (tertiary/aromatic N) is 1. The number of H-pyrrole nitrogens is 2. The van der Waals surface area contributed by atoms with Crippen molar-refractivity contribution in [3.05, 3.63) is 80.9 Å². The van der Waals surface area contributed by atoms with Crippen molar-refractivity contribution in [3.8, 4) is 0 Å². The van der Waals surface area contributed by atoms with Crippen LogP contribution >= 0.6 is 0 Å². The average Bonchev–Trinajstić information content (AvgIpc) is 3.32. The average molecular weight is 560 g/mol. The molecule has 4 aromatic rings. The molecule has 0 fully saturated rings. The molecule has 210 valence electrons. The van der Waals surface area contributed by atoms with Gasteiger partial charge in [-0.25, -0.2) is 17.6 Å². The maximum atomic E-state index is 14.4. The van der Waals surface area contributed by atoms with Crippen LogP contribution in [0.5, 0.6) is 0 Å². The van der Waals surface area contributed by atoms with Crippen LogP contribution in [0.15, 0.2) is 35.1 Å². The smallest absolute Gasteiger partial charge is 0.311 e. The van der Waals surface area contributed by atoms with Crippen molar-refractivity contribution in [1.29, 1.82) is 0 Å². The number of amides is 1. The molecule has 1 amide bonds. The lowest BCUT2D eigenvalue weighted by Crippen LogP contribution is -2.40. The van der Waals surface area contributed by atoms with Gasteiger partial charge in [-0.2, -0.15) is 0 Å². The Hall–Kier alpha value is -4.19. The van der Waals surface area contributed by atoms with Gasteiger partial charge in [-0.1, -0.05) is 13.8 Å². The highest BCUT2D eigenvalue weighted by Crippen LogP contribution is 2.39. The van der Waals surface area contributed by atoms with Gasteiger partial charge in [0.1, 0.15) is 5.69 Å². The summed E-state index contributed by atoms with van der Waals surface area (Å²) in [7, 11) is 1.42. The zero-order valence-electron chi connectivity index (χ0n) is 21.7. The third kappa shape index (κ3) is 4.61. The SMILES string of the molecule is CCC(CC)C(=O)O[C@@H]1OC[C@@H](N(C)C(=O)c2cc3cc(F)c(F)cc3[nH]2)c2c1[nH]c(=O)c1cc(F)c(F)cc21. The van der Waals surface area contributed by atoms with E-state index in [0.717, 1.165) is 24.3 Å². The zero-order chi connectivity index (χ0) is 28.9. The molecule has 2 aromatic heterocycles. The molecule has 0 unspecified atom stereocenters. The van der Waals surface area contributed by atoms with Crippen LogP contribution in [-0.2, 0) is 14.3 Å². The predicted octanol–water partition coefficient (Wildman–Crippen LogP) is 5.39. The second-order valence-corrected chi connectivity index (χ2v) is 9.68. The Bertz CT molecular complexity index is 1670. The molecule has 12 heteroatoms. The fourth-order valence-corrected chi connectivity index (χ4v) is 5.05. The van der Waals surface area contributed by atoms with E-state index in [1.54, 1.807) is 0 Å². The van der Waals surface area contributed by atoms with Crippen molar-refractivity contribution in [2.45, 2.75) is 39.0 Å². The number of pyridine rings is 1. The number of rotatable bonds is 6. The zero-order valence-corrected chi connectivity index (χ0v) is 21.7. The van der Waals surface area contributed by atoms with Crippen LogP contribution in [-0.4, -0.2) is 40.4 Å². The first kappa shape index (κ1) is 27.4. The summed E-state index contributed by atoms with van der Waals surface area (Å²) in [6.45, 7) is 3.40. The number of likely N-dealkylation sites (N-methyl/N-ethyl adjacent to an activating group) is 1. The maximum absolute atomic E-state index is 14.4. The van der Waals surface area contributed by atoms with Crippen molar-refractivity contribution >= 4 is 33.6 Å². The van der Waals surface area contributed by atoms with Crippen LogP contribution in [0.3, 0.4) is 0 Å². The topological polar surface area (TPSA) is 104 Å². The van der Waals surface area contributed by atoms with Crippen molar-refractivity contribution < 1.29 is 36.6 Å². The first-order valence-corrected chi connectivity index (χ1v) is 12.7. The second kappa shape index (κ2) is 10.4.